The number of amides is 2. The van der Waals surface area contributed by atoms with Gasteiger partial charge in [0.25, 0.3) is 0 Å². The van der Waals surface area contributed by atoms with E-state index in [0.29, 0.717) is 26.1 Å². The maximum atomic E-state index is 13.1. The molecule has 0 bridgehead atoms. The first-order valence-electron chi connectivity index (χ1n) is 10.1. The molecule has 2 aromatic rings. The van der Waals surface area contributed by atoms with Gasteiger partial charge < -0.3 is 14.9 Å². The van der Waals surface area contributed by atoms with Crippen LogP contribution in [0.15, 0.2) is 29.9 Å². The number of carbonyl (C=O) groups is 2. The molecule has 2 aromatic heterocycles. The van der Waals surface area contributed by atoms with Crippen molar-refractivity contribution in [1.29, 1.82) is 0 Å². The Labute approximate surface area is 181 Å². The third-order valence-corrected chi connectivity index (χ3v) is 6.15. The van der Waals surface area contributed by atoms with Gasteiger partial charge in [0, 0.05) is 36.4 Å². The Morgan fingerprint density at radius 3 is 2.60 bits per heavy atom. The van der Waals surface area contributed by atoms with Gasteiger partial charge in [-0.15, -0.1) is 11.3 Å². The molecule has 1 aliphatic heterocycles. The summed E-state index contributed by atoms with van der Waals surface area (Å²) in [6, 6.07) is 2.72. The number of rotatable bonds is 7. The van der Waals surface area contributed by atoms with Gasteiger partial charge in [0.1, 0.15) is 11.0 Å². The van der Waals surface area contributed by atoms with Gasteiger partial charge in [-0.1, -0.05) is 34.6 Å². The molecule has 0 aliphatic carbocycles. The van der Waals surface area contributed by atoms with E-state index in [-0.39, 0.29) is 11.4 Å². The highest BCUT2D eigenvalue weighted by atomic mass is 32.1. The highest BCUT2D eigenvalue weighted by Crippen LogP contribution is 2.39. The molecule has 0 spiro atoms. The smallest absolute Gasteiger partial charge is 0.327 e. The van der Waals surface area contributed by atoms with Gasteiger partial charge in [-0.3, -0.25) is 4.98 Å². The van der Waals surface area contributed by atoms with Crippen LogP contribution < -0.4 is 0 Å². The fourth-order valence-electron chi connectivity index (χ4n) is 4.54. The van der Waals surface area contributed by atoms with E-state index in [0.717, 1.165) is 16.3 Å². The van der Waals surface area contributed by atoms with E-state index in [2.05, 4.69) is 30.7 Å². The molecule has 162 valence electrons. The predicted octanol–water partition coefficient (Wildman–Crippen LogP) is 4.36. The normalized spacial score (nSPS) is 16.2. The minimum absolute atomic E-state index is 0.0387. The molecule has 1 saturated heterocycles. The zero-order chi connectivity index (χ0) is 22.1. The molecule has 0 radical (unpaired) electrons. The molecule has 1 N–H and O–H groups in total. The number of aliphatic carboxylic acids is 1. The van der Waals surface area contributed by atoms with Crippen LogP contribution in [-0.4, -0.2) is 56.0 Å². The lowest BCUT2D eigenvalue weighted by Gasteiger charge is -2.40. The summed E-state index contributed by atoms with van der Waals surface area (Å²) in [4.78, 5) is 37.2. The fourth-order valence-corrected chi connectivity index (χ4v) is 5.34. The number of carboxylic acid groups (broad SMARTS) is 1. The highest BCUT2D eigenvalue weighted by molar-refractivity contribution is 7.13. The first-order chi connectivity index (χ1) is 14.0. The standard InChI is InChI=1S/C22H30N4O3S/c1-21(2,3)14-22(4,5)17(19(27)28)26-10-9-25(20(26)29)12-16-13-30-18(24-16)15-7-6-8-23-11-15/h6-8,11,13,17H,9-10,12,14H2,1-5H3,(H,27,28)/t17-/m1/s1. The highest BCUT2D eigenvalue weighted by Gasteiger charge is 2.46. The third kappa shape index (κ3) is 4.98. The molecule has 1 fully saturated rings. The summed E-state index contributed by atoms with van der Waals surface area (Å²) in [6.45, 7) is 11.4. The van der Waals surface area contributed by atoms with Crippen LogP contribution in [0.3, 0.4) is 0 Å². The van der Waals surface area contributed by atoms with E-state index in [9.17, 15) is 14.7 Å². The van der Waals surface area contributed by atoms with Crippen LogP contribution in [0.5, 0.6) is 0 Å². The summed E-state index contributed by atoms with van der Waals surface area (Å²) < 4.78 is 0. The SMILES string of the molecule is CC(C)(C)CC(C)(C)[C@@H](C(=O)O)N1CCN(Cc2csc(-c3cccnc3)n2)C1=O. The number of nitrogens with zero attached hydrogens (tertiary/aromatic N) is 4. The number of aromatic nitrogens is 2. The van der Waals surface area contributed by atoms with Crippen molar-refractivity contribution in [3.05, 3.63) is 35.6 Å². The molecule has 30 heavy (non-hydrogen) atoms. The van der Waals surface area contributed by atoms with Crippen LogP contribution in [0.1, 0.15) is 46.7 Å². The molecule has 3 rings (SSSR count). The number of pyridine rings is 1. The molecule has 2 amide bonds. The Morgan fingerprint density at radius 1 is 1.27 bits per heavy atom. The molecular weight excluding hydrogens is 400 g/mol. The minimum Gasteiger partial charge on any atom is -0.480 e. The Kier molecular flexibility index (Phi) is 6.17. The van der Waals surface area contributed by atoms with Crippen LogP contribution in [0.2, 0.25) is 0 Å². The van der Waals surface area contributed by atoms with E-state index < -0.39 is 17.4 Å². The van der Waals surface area contributed by atoms with Crippen molar-refractivity contribution < 1.29 is 14.7 Å². The Balaban J connectivity index is 1.73. The van der Waals surface area contributed by atoms with E-state index in [1.807, 2.05) is 31.4 Å². The molecule has 0 aromatic carbocycles. The summed E-state index contributed by atoms with van der Waals surface area (Å²) in [5.74, 6) is -0.952. The number of carbonyl (C=O) groups excluding carboxylic acids is 1. The van der Waals surface area contributed by atoms with Crippen molar-refractivity contribution in [3.63, 3.8) is 0 Å². The molecule has 8 heteroatoms. The number of urea groups is 1. The zero-order valence-electron chi connectivity index (χ0n) is 18.3. The van der Waals surface area contributed by atoms with Crippen LogP contribution >= 0.6 is 11.3 Å². The van der Waals surface area contributed by atoms with Crippen LogP contribution in [0.25, 0.3) is 10.6 Å². The first kappa shape index (κ1) is 22.2. The van der Waals surface area contributed by atoms with Crippen molar-refractivity contribution in [3.8, 4) is 10.6 Å². The molecule has 0 unspecified atom stereocenters. The van der Waals surface area contributed by atoms with Crippen molar-refractivity contribution in [1.82, 2.24) is 19.8 Å². The lowest BCUT2D eigenvalue weighted by atomic mass is 9.71. The summed E-state index contributed by atoms with van der Waals surface area (Å²) in [5.41, 5.74) is 1.15. The molecule has 0 saturated carbocycles. The first-order valence-corrected chi connectivity index (χ1v) is 11.0. The zero-order valence-corrected chi connectivity index (χ0v) is 19.1. The molecular formula is C22H30N4O3S. The van der Waals surface area contributed by atoms with E-state index in [4.69, 9.17) is 0 Å². The fraction of sp³-hybridized carbons (Fsp3) is 0.545. The summed E-state index contributed by atoms with van der Waals surface area (Å²) >= 11 is 1.51. The third-order valence-electron chi connectivity index (χ3n) is 5.21. The molecule has 3 heterocycles. The maximum absolute atomic E-state index is 13.1. The van der Waals surface area contributed by atoms with Gasteiger partial charge in [0.05, 0.1) is 12.2 Å². The Bertz CT molecular complexity index is 905. The molecule has 1 aliphatic rings. The largest absolute Gasteiger partial charge is 0.480 e. The average Bonchev–Trinajstić information content (AvgIpc) is 3.22. The Morgan fingerprint density at radius 2 is 2.00 bits per heavy atom. The van der Waals surface area contributed by atoms with Crippen molar-refractivity contribution >= 4 is 23.3 Å². The second-order valence-corrected chi connectivity index (χ2v) is 10.6. The average molecular weight is 431 g/mol. The van der Waals surface area contributed by atoms with Crippen molar-refractivity contribution in [2.24, 2.45) is 10.8 Å². The van der Waals surface area contributed by atoms with Crippen LogP contribution in [0, 0.1) is 10.8 Å². The lowest BCUT2D eigenvalue weighted by Crippen LogP contribution is -2.52. The monoisotopic (exact) mass is 430 g/mol. The van der Waals surface area contributed by atoms with Gasteiger partial charge >= 0.3 is 12.0 Å². The van der Waals surface area contributed by atoms with Gasteiger partial charge in [-0.05, 0) is 29.4 Å². The Hall–Kier alpha value is -2.48. The van der Waals surface area contributed by atoms with Gasteiger partial charge in [-0.25, -0.2) is 14.6 Å². The van der Waals surface area contributed by atoms with Gasteiger partial charge in [-0.2, -0.15) is 0 Å². The molecule has 1 atom stereocenters. The van der Waals surface area contributed by atoms with Crippen molar-refractivity contribution in [2.75, 3.05) is 13.1 Å². The summed E-state index contributed by atoms with van der Waals surface area (Å²) in [6.07, 6.45) is 4.18. The summed E-state index contributed by atoms with van der Waals surface area (Å²) in [7, 11) is 0. The predicted molar refractivity (Wildman–Crippen MR) is 117 cm³/mol. The maximum Gasteiger partial charge on any atom is 0.327 e. The second-order valence-electron chi connectivity index (χ2n) is 9.75. The summed E-state index contributed by atoms with van der Waals surface area (Å²) in [5, 5.41) is 12.8. The van der Waals surface area contributed by atoms with Crippen molar-refractivity contribution in [2.45, 2.75) is 53.6 Å². The molecule has 7 nitrogen and oxygen atoms in total. The van der Waals surface area contributed by atoms with Crippen LogP contribution in [-0.2, 0) is 11.3 Å². The topological polar surface area (TPSA) is 86.6 Å². The van der Waals surface area contributed by atoms with Gasteiger partial charge in [0.2, 0.25) is 0 Å². The van der Waals surface area contributed by atoms with E-state index >= 15 is 0 Å². The van der Waals surface area contributed by atoms with Gasteiger partial charge in [0.15, 0.2) is 0 Å². The van der Waals surface area contributed by atoms with E-state index in [1.54, 1.807) is 17.3 Å². The lowest BCUT2D eigenvalue weighted by molar-refractivity contribution is -0.147. The van der Waals surface area contributed by atoms with E-state index in [1.165, 1.54) is 16.2 Å². The minimum atomic E-state index is -0.952. The quantitative estimate of drug-likeness (QED) is 0.705. The number of carboxylic acids is 1. The second kappa shape index (κ2) is 8.34. The number of hydrogen-bond acceptors (Lipinski definition) is 5. The number of thiazole rings is 1. The van der Waals surface area contributed by atoms with Crippen LogP contribution in [0.4, 0.5) is 4.79 Å². The number of hydrogen-bond donors (Lipinski definition) is 1.